The van der Waals surface area contributed by atoms with Gasteiger partial charge in [-0.05, 0) is 6.08 Å². The number of aliphatic hydroxyl groups is 1. The molecule has 2 aliphatic heterocycles. The first kappa shape index (κ1) is 13.1. The van der Waals surface area contributed by atoms with Crippen LogP contribution >= 0.6 is 0 Å². The predicted octanol–water partition coefficient (Wildman–Crippen LogP) is -1.48. The van der Waals surface area contributed by atoms with Crippen molar-refractivity contribution in [1.82, 2.24) is 4.90 Å². The molecule has 0 aromatic rings. The van der Waals surface area contributed by atoms with Crippen LogP contribution in [-0.2, 0) is 14.3 Å². The number of amides is 1. The van der Waals surface area contributed by atoms with Gasteiger partial charge in [-0.3, -0.25) is 9.69 Å². The second kappa shape index (κ2) is 4.94. The van der Waals surface area contributed by atoms with Gasteiger partial charge in [-0.25, -0.2) is 4.79 Å². The van der Waals surface area contributed by atoms with Gasteiger partial charge in [0.15, 0.2) is 12.3 Å². The maximum atomic E-state index is 11.1. The van der Waals surface area contributed by atoms with Crippen molar-refractivity contribution in [1.29, 1.82) is 0 Å². The third kappa shape index (κ3) is 2.13. The Morgan fingerprint density at radius 3 is 2.80 bits per heavy atom. The monoisotopic (exact) mass is 238 g/mol. The van der Waals surface area contributed by atoms with E-state index >= 15 is 0 Å². The Kier molecular flexibility index (Phi) is 4.33. The Balaban J connectivity index is 0.00000112. The van der Waals surface area contributed by atoms with E-state index in [4.69, 9.17) is 14.9 Å². The van der Waals surface area contributed by atoms with E-state index in [0.29, 0.717) is 0 Å². The SMILES string of the molecule is O=C(O)[C@@H]1/C(=C/CO)O[C@@H]2CC(=O)N12.[K]. The predicted molar refractivity (Wildman–Crippen MR) is 48.7 cm³/mol. The first-order valence-corrected chi connectivity index (χ1v) is 4.16. The van der Waals surface area contributed by atoms with Gasteiger partial charge in [0.25, 0.3) is 0 Å². The van der Waals surface area contributed by atoms with Crippen LogP contribution in [0, 0.1) is 0 Å². The maximum absolute atomic E-state index is 11.1. The molecule has 15 heavy (non-hydrogen) atoms. The van der Waals surface area contributed by atoms with Gasteiger partial charge in [-0.15, -0.1) is 0 Å². The van der Waals surface area contributed by atoms with Crippen molar-refractivity contribution >= 4 is 63.3 Å². The van der Waals surface area contributed by atoms with Crippen molar-refractivity contribution in [2.24, 2.45) is 0 Å². The normalized spacial score (nSPS) is 30.3. The van der Waals surface area contributed by atoms with Crippen molar-refractivity contribution in [3.05, 3.63) is 11.8 Å². The molecule has 2 fully saturated rings. The molecule has 0 aliphatic carbocycles. The summed E-state index contributed by atoms with van der Waals surface area (Å²) in [4.78, 5) is 23.1. The Morgan fingerprint density at radius 2 is 2.33 bits per heavy atom. The summed E-state index contributed by atoms with van der Waals surface area (Å²) in [5.41, 5.74) is 0. The third-order valence-electron chi connectivity index (χ3n) is 2.29. The largest absolute Gasteiger partial charge is 0.479 e. The van der Waals surface area contributed by atoms with Gasteiger partial charge in [0.1, 0.15) is 5.76 Å². The molecule has 2 N–H and O–H groups in total. The molecule has 0 bridgehead atoms. The van der Waals surface area contributed by atoms with Crippen LogP contribution in [0.2, 0.25) is 0 Å². The second-order valence-electron chi connectivity index (χ2n) is 3.11. The van der Waals surface area contributed by atoms with Crippen molar-refractivity contribution in [3.63, 3.8) is 0 Å². The minimum Gasteiger partial charge on any atom is -0.479 e. The van der Waals surface area contributed by atoms with Crippen LogP contribution in [0.4, 0.5) is 0 Å². The van der Waals surface area contributed by atoms with E-state index in [-0.39, 0.29) is 76.1 Å². The van der Waals surface area contributed by atoms with Crippen LogP contribution in [0.5, 0.6) is 0 Å². The molecule has 0 unspecified atom stereocenters. The molecule has 0 aromatic carbocycles. The standard InChI is InChI=1S/C8H9NO5.K/c10-2-1-4-7(8(12)13)9-5(11)3-6(9)14-4;/h1,6-7,10H,2-3H2,(H,12,13);/b4-1-;/t6-,7+;/m1./s1. The van der Waals surface area contributed by atoms with E-state index in [1.165, 1.54) is 11.0 Å². The van der Waals surface area contributed by atoms with E-state index in [9.17, 15) is 9.59 Å². The fraction of sp³-hybridized carbons (Fsp3) is 0.500. The van der Waals surface area contributed by atoms with E-state index in [0.717, 1.165) is 0 Å². The minimum atomic E-state index is -1.14. The number of nitrogens with zero attached hydrogens (tertiary/aromatic N) is 1. The molecule has 2 atom stereocenters. The van der Waals surface area contributed by atoms with Crippen molar-refractivity contribution in [2.75, 3.05) is 6.61 Å². The van der Waals surface area contributed by atoms with Gasteiger partial charge in [0, 0.05) is 51.4 Å². The summed E-state index contributed by atoms with van der Waals surface area (Å²) in [6.07, 6.45) is 1.03. The van der Waals surface area contributed by atoms with Gasteiger partial charge in [0.2, 0.25) is 5.91 Å². The zero-order valence-electron chi connectivity index (χ0n) is 8.21. The number of carboxylic acids is 1. The molecule has 2 saturated heterocycles. The average Bonchev–Trinajstić information content (AvgIpc) is 2.39. The van der Waals surface area contributed by atoms with Crippen molar-refractivity contribution < 1.29 is 24.5 Å². The zero-order valence-corrected chi connectivity index (χ0v) is 11.3. The fourth-order valence-corrected chi connectivity index (χ4v) is 1.66. The Labute approximate surface area is 128 Å². The van der Waals surface area contributed by atoms with Crippen LogP contribution < -0.4 is 0 Å². The second-order valence-corrected chi connectivity index (χ2v) is 3.11. The molecule has 1 amide bonds. The van der Waals surface area contributed by atoms with Crippen molar-refractivity contribution in [2.45, 2.75) is 18.7 Å². The number of aliphatic hydroxyl groups excluding tert-OH is 1. The molecular formula is C8H9KNO5. The molecule has 1 radical (unpaired) electrons. The van der Waals surface area contributed by atoms with Crippen LogP contribution in [-0.4, -0.2) is 97.3 Å². The number of aliphatic carboxylic acids is 1. The van der Waals surface area contributed by atoms with Gasteiger partial charge in [0.05, 0.1) is 13.0 Å². The Hall–Kier alpha value is 0.0764. The number of carboxylic acid groups (broad SMARTS) is 1. The molecule has 2 rings (SSSR count). The quantitative estimate of drug-likeness (QED) is 0.453. The van der Waals surface area contributed by atoms with Crippen LogP contribution in [0.25, 0.3) is 0 Å². The number of hydrogen-bond donors (Lipinski definition) is 2. The number of β-lactam (4-membered cyclic amide) rings is 1. The fourth-order valence-electron chi connectivity index (χ4n) is 1.66. The molecule has 0 aromatic heterocycles. The summed E-state index contributed by atoms with van der Waals surface area (Å²) in [6, 6.07) is -1.06. The third-order valence-corrected chi connectivity index (χ3v) is 2.29. The molecular weight excluding hydrogens is 229 g/mol. The van der Waals surface area contributed by atoms with Gasteiger partial charge >= 0.3 is 5.97 Å². The summed E-state index contributed by atoms with van der Waals surface area (Å²) in [5.74, 6) is -1.22. The molecule has 2 heterocycles. The van der Waals surface area contributed by atoms with E-state index < -0.39 is 18.2 Å². The number of fused-ring (bicyclic) bond motifs is 1. The maximum Gasteiger partial charge on any atom is 0.334 e. The Bertz CT molecular complexity index is 329. The Morgan fingerprint density at radius 1 is 1.67 bits per heavy atom. The number of carbonyl (C=O) groups is 2. The first-order chi connectivity index (χ1) is 6.65. The summed E-state index contributed by atoms with van der Waals surface area (Å²) in [5, 5.41) is 17.5. The number of rotatable bonds is 2. The summed E-state index contributed by atoms with van der Waals surface area (Å²) < 4.78 is 5.17. The van der Waals surface area contributed by atoms with Gasteiger partial charge in [-0.2, -0.15) is 0 Å². The zero-order chi connectivity index (χ0) is 10.3. The smallest absolute Gasteiger partial charge is 0.334 e. The van der Waals surface area contributed by atoms with E-state index in [1.807, 2.05) is 0 Å². The summed E-state index contributed by atoms with van der Waals surface area (Å²) in [7, 11) is 0. The number of carbonyl (C=O) groups excluding carboxylic acids is 1. The van der Waals surface area contributed by atoms with Gasteiger partial charge in [-0.1, -0.05) is 0 Å². The van der Waals surface area contributed by atoms with E-state index in [2.05, 4.69) is 0 Å². The minimum absolute atomic E-state index is 0. The van der Waals surface area contributed by atoms with Crippen molar-refractivity contribution in [3.8, 4) is 0 Å². The number of ether oxygens (including phenoxy) is 1. The molecule has 6 nitrogen and oxygen atoms in total. The van der Waals surface area contributed by atoms with Gasteiger partial charge < -0.3 is 14.9 Å². The summed E-state index contributed by atoms with van der Waals surface area (Å²) in [6.45, 7) is -0.298. The molecule has 77 valence electrons. The van der Waals surface area contributed by atoms with Crippen LogP contribution in [0.15, 0.2) is 11.8 Å². The molecule has 0 spiro atoms. The average molecular weight is 238 g/mol. The molecule has 7 heteroatoms. The van der Waals surface area contributed by atoms with E-state index in [1.54, 1.807) is 0 Å². The van der Waals surface area contributed by atoms with Crippen LogP contribution in [0.1, 0.15) is 6.42 Å². The molecule has 0 saturated carbocycles. The summed E-state index contributed by atoms with van der Waals surface area (Å²) >= 11 is 0. The topological polar surface area (TPSA) is 87.1 Å². The van der Waals surface area contributed by atoms with Crippen LogP contribution in [0.3, 0.4) is 0 Å². The number of hydrogen-bond acceptors (Lipinski definition) is 4. The molecule has 2 aliphatic rings. The first-order valence-electron chi connectivity index (χ1n) is 4.16.